The fraction of sp³-hybridized carbons (Fsp3) is 0.611. The van der Waals surface area contributed by atoms with E-state index in [1.54, 1.807) is 7.11 Å². The fourth-order valence-corrected chi connectivity index (χ4v) is 2.94. The molecule has 1 aromatic rings. The van der Waals surface area contributed by atoms with Crippen LogP contribution >= 0.6 is 37.2 Å². The number of anilines is 1. The average Bonchev–Trinajstić information content (AvgIpc) is 2.64. The highest BCUT2D eigenvalue weighted by molar-refractivity contribution is 5.86. The van der Waals surface area contributed by atoms with Crippen LogP contribution in [0.25, 0.3) is 0 Å². The van der Waals surface area contributed by atoms with E-state index in [1.165, 1.54) is 5.69 Å². The summed E-state index contributed by atoms with van der Waals surface area (Å²) in [6.45, 7) is 6.36. The third-order valence-corrected chi connectivity index (χ3v) is 4.48. The molecule has 1 aliphatic rings. The summed E-state index contributed by atoms with van der Waals surface area (Å²) < 4.78 is 5.12. The molecule has 0 aliphatic carbocycles. The number of amides is 1. The Morgan fingerprint density at radius 3 is 2.33 bits per heavy atom. The number of hydrogen-bond acceptors (Lipinski definition) is 5. The normalized spacial score (nSPS) is 15.0. The molecule has 1 atom stereocenters. The molecular weight excluding hydrogens is 411 g/mol. The quantitative estimate of drug-likeness (QED) is 0.571. The zero-order valence-electron chi connectivity index (χ0n) is 15.8. The fourth-order valence-electron chi connectivity index (χ4n) is 2.94. The van der Waals surface area contributed by atoms with Gasteiger partial charge in [0.15, 0.2) is 0 Å². The van der Waals surface area contributed by atoms with E-state index in [0.29, 0.717) is 19.5 Å². The molecule has 1 heterocycles. The van der Waals surface area contributed by atoms with Crippen LogP contribution in [0.3, 0.4) is 0 Å². The molecule has 1 fully saturated rings. The molecule has 0 saturated carbocycles. The molecule has 1 aromatic carbocycles. The van der Waals surface area contributed by atoms with Gasteiger partial charge in [0.2, 0.25) is 5.91 Å². The number of nitrogens with zero attached hydrogens (tertiary/aromatic N) is 2. The topological polar surface area (TPSA) is 70.8 Å². The molecule has 0 radical (unpaired) electrons. The second kappa shape index (κ2) is 16.2. The van der Waals surface area contributed by atoms with E-state index in [9.17, 15) is 4.79 Å². The van der Waals surface area contributed by atoms with Gasteiger partial charge in [0, 0.05) is 52.1 Å². The molecule has 1 amide bonds. The number of carbonyl (C=O) groups is 1. The first kappa shape index (κ1) is 28.4. The van der Waals surface area contributed by atoms with Crippen molar-refractivity contribution in [2.45, 2.75) is 18.9 Å². The van der Waals surface area contributed by atoms with Gasteiger partial charge in [-0.05, 0) is 25.1 Å². The van der Waals surface area contributed by atoms with E-state index in [2.05, 4.69) is 45.4 Å². The summed E-state index contributed by atoms with van der Waals surface area (Å²) >= 11 is 0. The van der Waals surface area contributed by atoms with Crippen LogP contribution in [-0.2, 0) is 9.53 Å². The van der Waals surface area contributed by atoms with Crippen LogP contribution in [0.15, 0.2) is 30.3 Å². The van der Waals surface area contributed by atoms with Crippen molar-refractivity contribution in [1.29, 1.82) is 0 Å². The minimum atomic E-state index is -0.184. The van der Waals surface area contributed by atoms with Gasteiger partial charge in [0.05, 0.1) is 12.5 Å². The highest BCUT2D eigenvalue weighted by atomic mass is 35.5. The number of piperazine rings is 1. The number of halogens is 3. The summed E-state index contributed by atoms with van der Waals surface area (Å²) in [6, 6.07) is 10.6. The number of ether oxygens (including phenoxy) is 1. The van der Waals surface area contributed by atoms with Crippen LogP contribution in [0.4, 0.5) is 5.69 Å². The maximum Gasteiger partial charge on any atom is 0.222 e. The smallest absolute Gasteiger partial charge is 0.222 e. The Kier molecular flexibility index (Phi) is 17.1. The Morgan fingerprint density at radius 2 is 1.78 bits per heavy atom. The summed E-state index contributed by atoms with van der Waals surface area (Å²) in [4.78, 5) is 16.6. The van der Waals surface area contributed by atoms with Crippen LogP contribution in [-0.4, -0.2) is 69.8 Å². The van der Waals surface area contributed by atoms with E-state index in [0.717, 1.165) is 39.1 Å². The first-order valence-electron chi connectivity index (χ1n) is 8.75. The van der Waals surface area contributed by atoms with Crippen LogP contribution in [0, 0.1) is 0 Å². The molecule has 1 aliphatic heterocycles. The van der Waals surface area contributed by atoms with E-state index in [-0.39, 0.29) is 49.2 Å². The van der Waals surface area contributed by atoms with Gasteiger partial charge in [-0.3, -0.25) is 9.69 Å². The number of hydrogen-bond donors (Lipinski definition) is 2. The lowest BCUT2D eigenvalue weighted by molar-refractivity contribution is -0.123. The third kappa shape index (κ3) is 10.4. The molecule has 1 unspecified atom stereocenters. The maximum absolute atomic E-state index is 11.8. The summed E-state index contributed by atoms with van der Waals surface area (Å²) in [5.41, 5.74) is 6.82. The second-order valence-corrected chi connectivity index (χ2v) is 6.17. The molecule has 158 valence electrons. The molecule has 6 nitrogen and oxygen atoms in total. The van der Waals surface area contributed by atoms with Gasteiger partial charge >= 0.3 is 0 Å². The van der Waals surface area contributed by atoms with E-state index in [4.69, 9.17) is 10.5 Å². The molecule has 0 aromatic heterocycles. The molecule has 3 N–H and O–H groups in total. The largest absolute Gasteiger partial charge is 0.380 e. The number of benzene rings is 1. The number of nitrogens with two attached hydrogens (primary N) is 1. The van der Waals surface area contributed by atoms with Gasteiger partial charge in [-0.1, -0.05) is 18.2 Å². The van der Waals surface area contributed by atoms with Gasteiger partial charge in [-0.2, -0.15) is 0 Å². The Labute approximate surface area is 181 Å². The molecule has 9 heteroatoms. The Morgan fingerprint density at radius 1 is 1.15 bits per heavy atom. The lowest BCUT2D eigenvalue weighted by atomic mass is 10.2. The second-order valence-electron chi connectivity index (χ2n) is 6.17. The van der Waals surface area contributed by atoms with Gasteiger partial charge in [-0.15, -0.1) is 37.2 Å². The SMILES string of the molecule is COC(CN)CC(=O)NCCCN1CCN(c2ccccc2)CC1.Cl.Cl.Cl. The molecule has 1 saturated heterocycles. The summed E-state index contributed by atoms with van der Waals surface area (Å²) in [6.07, 6.45) is 1.12. The van der Waals surface area contributed by atoms with Gasteiger partial charge in [-0.25, -0.2) is 0 Å². The molecular formula is C18H33Cl3N4O2. The number of carbonyl (C=O) groups excluding carboxylic acids is 1. The van der Waals surface area contributed by atoms with Crippen molar-refractivity contribution in [1.82, 2.24) is 10.2 Å². The van der Waals surface area contributed by atoms with Crippen molar-refractivity contribution in [3.05, 3.63) is 30.3 Å². The third-order valence-electron chi connectivity index (χ3n) is 4.48. The number of nitrogens with one attached hydrogen (secondary N) is 1. The van der Waals surface area contributed by atoms with Crippen molar-refractivity contribution in [3.63, 3.8) is 0 Å². The Hall–Kier alpha value is -0.760. The average molecular weight is 444 g/mol. The van der Waals surface area contributed by atoms with Crippen molar-refractivity contribution >= 4 is 48.8 Å². The van der Waals surface area contributed by atoms with Crippen LogP contribution < -0.4 is 16.0 Å². The van der Waals surface area contributed by atoms with Crippen LogP contribution in [0.2, 0.25) is 0 Å². The van der Waals surface area contributed by atoms with Crippen molar-refractivity contribution in [2.75, 3.05) is 57.8 Å². The molecule has 2 rings (SSSR count). The molecule has 0 spiro atoms. The minimum absolute atomic E-state index is 0. The van der Waals surface area contributed by atoms with Crippen molar-refractivity contribution in [2.24, 2.45) is 5.73 Å². The lowest BCUT2D eigenvalue weighted by Gasteiger charge is -2.36. The Bertz CT molecular complexity index is 485. The Balaban J connectivity index is 0. The first-order chi connectivity index (χ1) is 11.7. The zero-order valence-corrected chi connectivity index (χ0v) is 18.3. The predicted molar refractivity (Wildman–Crippen MR) is 119 cm³/mol. The van der Waals surface area contributed by atoms with Gasteiger partial charge in [0.1, 0.15) is 0 Å². The number of methoxy groups -OCH3 is 1. The monoisotopic (exact) mass is 442 g/mol. The summed E-state index contributed by atoms with van der Waals surface area (Å²) in [5, 5.41) is 2.94. The highest BCUT2D eigenvalue weighted by Crippen LogP contribution is 2.15. The highest BCUT2D eigenvalue weighted by Gasteiger charge is 2.16. The number of rotatable bonds is 9. The minimum Gasteiger partial charge on any atom is -0.380 e. The van der Waals surface area contributed by atoms with Gasteiger partial charge in [0.25, 0.3) is 0 Å². The van der Waals surface area contributed by atoms with E-state index < -0.39 is 0 Å². The summed E-state index contributed by atoms with van der Waals surface area (Å²) in [5.74, 6) is 0.0150. The molecule has 0 bridgehead atoms. The van der Waals surface area contributed by atoms with E-state index in [1.807, 2.05) is 0 Å². The van der Waals surface area contributed by atoms with Gasteiger partial charge < -0.3 is 20.7 Å². The predicted octanol–water partition coefficient (Wildman–Crippen LogP) is 1.94. The maximum atomic E-state index is 11.8. The van der Waals surface area contributed by atoms with Crippen LogP contribution in [0.5, 0.6) is 0 Å². The van der Waals surface area contributed by atoms with Crippen LogP contribution in [0.1, 0.15) is 12.8 Å². The zero-order chi connectivity index (χ0) is 17.2. The van der Waals surface area contributed by atoms with Crippen molar-refractivity contribution in [3.8, 4) is 0 Å². The van der Waals surface area contributed by atoms with Crippen molar-refractivity contribution < 1.29 is 9.53 Å². The van der Waals surface area contributed by atoms with E-state index >= 15 is 0 Å². The standard InChI is InChI=1S/C18H30N4O2.3ClH/c1-24-17(15-19)14-18(23)20-8-5-9-21-10-12-22(13-11-21)16-6-3-2-4-7-16;;;/h2-4,6-7,17H,5,8-15,19H2,1H3,(H,20,23);3*1H. The molecule has 27 heavy (non-hydrogen) atoms. The first-order valence-corrected chi connectivity index (χ1v) is 8.75. The lowest BCUT2D eigenvalue weighted by Crippen LogP contribution is -2.47. The summed E-state index contributed by atoms with van der Waals surface area (Å²) in [7, 11) is 1.58. The number of para-hydroxylation sites is 1.